The summed E-state index contributed by atoms with van der Waals surface area (Å²) in [4.78, 5) is 16.7. The van der Waals surface area contributed by atoms with Gasteiger partial charge < -0.3 is 10.3 Å². The van der Waals surface area contributed by atoms with Gasteiger partial charge in [-0.05, 0) is 80.0 Å². The predicted molar refractivity (Wildman–Crippen MR) is 121 cm³/mol. The van der Waals surface area contributed by atoms with Crippen molar-refractivity contribution in [1.29, 1.82) is 0 Å². The molecule has 2 N–H and O–H groups in total. The van der Waals surface area contributed by atoms with E-state index in [9.17, 15) is 4.79 Å². The summed E-state index contributed by atoms with van der Waals surface area (Å²) >= 11 is 1.76. The third kappa shape index (κ3) is 3.47. The highest BCUT2D eigenvalue weighted by molar-refractivity contribution is 7.98. The van der Waals surface area contributed by atoms with Crippen molar-refractivity contribution in [2.24, 2.45) is 0 Å². The lowest BCUT2D eigenvalue weighted by Gasteiger charge is -2.17. The van der Waals surface area contributed by atoms with Crippen molar-refractivity contribution in [1.82, 2.24) is 24.9 Å². The maximum atomic E-state index is 13.2. The Bertz CT molecular complexity index is 1210. The number of hydrogen-bond donors (Lipinski definition) is 2. The van der Waals surface area contributed by atoms with Crippen molar-refractivity contribution in [3.63, 3.8) is 0 Å². The second-order valence-electron chi connectivity index (χ2n) is 7.84. The molecule has 0 saturated heterocycles. The lowest BCUT2D eigenvalue weighted by atomic mass is 9.95. The molecular weight excluding hydrogens is 394 g/mol. The molecule has 3 heterocycles. The number of carbonyl (C=O) groups excluding carboxylic acids is 1. The number of hydrogen-bond acceptors (Lipinski definition) is 4. The molecule has 1 aromatic carbocycles. The van der Waals surface area contributed by atoms with Gasteiger partial charge in [0.05, 0.1) is 6.04 Å². The molecule has 4 aromatic rings. The number of rotatable bonds is 6. The topological polar surface area (TPSA) is 75.1 Å². The molecule has 3 aromatic heterocycles. The van der Waals surface area contributed by atoms with Crippen molar-refractivity contribution in [2.45, 2.75) is 38.1 Å². The fraction of sp³-hybridized carbons (Fsp3) is 0.348. The summed E-state index contributed by atoms with van der Waals surface area (Å²) < 4.78 is 1.96. The first kappa shape index (κ1) is 19.2. The zero-order valence-corrected chi connectivity index (χ0v) is 17.8. The van der Waals surface area contributed by atoms with Crippen molar-refractivity contribution in [2.75, 3.05) is 12.0 Å². The predicted octanol–water partition coefficient (Wildman–Crippen LogP) is 4.31. The smallest absolute Gasteiger partial charge is 0.251 e. The van der Waals surface area contributed by atoms with Crippen LogP contribution < -0.4 is 5.32 Å². The minimum Gasteiger partial charge on any atom is -0.358 e. The first-order valence-electron chi connectivity index (χ1n) is 10.5. The van der Waals surface area contributed by atoms with Crippen LogP contribution in [0.15, 0.2) is 42.6 Å². The third-order valence-electron chi connectivity index (χ3n) is 5.93. The molecule has 0 saturated carbocycles. The second-order valence-corrected chi connectivity index (χ2v) is 8.83. The Morgan fingerprint density at radius 1 is 1.23 bits per heavy atom. The number of thioether (sulfide) groups is 1. The number of pyridine rings is 1. The highest BCUT2D eigenvalue weighted by atomic mass is 32.2. The molecule has 1 amide bonds. The lowest BCUT2D eigenvalue weighted by molar-refractivity contribution is 0.0934. The van der Waals surface area contributed by atoms with Gasteiger partial charge in [0.2, 0.25) is 0 Å². The molecule has 0 fully saturated rings. The zero-order valence-electron chi connectivity index (χ0n) is 17.0. The number of amides is 1. The number of carbonyl (C=O) groups is 1. The van der Waals surface area contributed by atoms with Gasteiger partial charge in [-0.1, -0.05) is 6.07 Å². The summed E-state index contributed by atoms with van der Waals surface area (Å²) in [7, 11) is 0. The van der Waals surface area contributed by atoms with Crippen LogP contribution in [-0.4, -0.2) is 37.5 Å². The Hall–Kier alpha value is -2.80. The molecule has 154 valence electrons. The largest absolute Gasteiger partial charge is 0.358 e. The summed E-state index contributed by atoms with van der Waals surface area (Å²) in [5, 5.41) is 13.0. The number of aromatic amines is 1. The monoisotopic (exact) mass is 419 g/mol. The summed E-state index contributed by atoms with van der Waals surface area (Å²) in [5.74, 6) is 1.63. The van der Waals surface area contributed by atoms with Crippen LogP contribution >= 0.6 is 11.8 Å². The fourth-order valence-corrected chi connectivity index (χ4v) is 4.86. The second kappa shape index (κ2) is 8.14. The maximum Gasteiger partial charge on any atom is 0.251 e. The first-order valence-corrected chi connectivity index (χ1v) is 11.9. The van der Waals surface area contributed by atoms with Crippen molar-refractivity contribution in [3.8, 4) is 0 Å². The summed E-state index contributed by atoms with van der Waals surface area (Å²) in [6, 6.07) is 11.6. The van der Waals surface area contributed by atoms with Gasteiger partial charge in [-0.3, -0.25) is 9.20 Å². The van der Waals surface area contributed by atoms with Crippen LogP contribution in [0.3, 0.4) is 0 Å². The molecule has 7 heteroatoms. The van der Waals surface area contributed by atoms with Crippen LogP contribution in [0.2, 0.25) is 0 Å². The van der Waals surface area contributed by atoms with Gasteiger partial charge in [0.1, 0.15) is 0 Å². The quantitative estimate of drug-likeness (QED) is 0.488. The van der Waals surface area contributed by atoms with Crippen LogP contribution in [0.4, 0.5) is 0 Å². The molecule has 1 unspecified atom stereocenters. The minimum atomic E-state index is -0.196. The summed E-state index contributed by atoms with van der Waals surface area (Å²) in [6.07, 6.45) is 9.45. The first-order chi connectivity index (χ1) is 14.7. The number of nitrogens with zero attached hydrogens (tertiary/aromatic N) is 3. The van der Waals surface area contributed by atoms with E-state index in [0.29, 0.717) is 5.56 Å². The number of fused-ring (bicyclic) bond motifs is 4. The molecule has 0 radical (unpaired) electrons. The van der Waals surface area contributed by atoms with Crippen molar-refractivity contribution < 1.29 is 4.79 Å². The molecule has 5 rings (SSSR count). The van der Waals surface area contributed by atoms with E-state index < -0.39 is 0 Å². The molecule has 6 nitrogen and oxygen atoms in total. The van der Waals surface area contributed by atoms with E-state index in [2.05, 4.69) is 26.8 Å². The molecule has 0 bridgehead atoms. The zero-order chi connectivity index (χ0) is 20.5. The van der Waals surface area contributed by atoms with Gasteiger partial charge in [0.25, 0.3) is 5.91 Å². The minimum absolute atomic E-state index is 0.0681. The van der Waals surface area contributed by atoms with Gasteiger partial charge in [-0.15, -0.1) is 10.2 Å². The molecular formula is C23H25N5OS. The van der Waals surface area contributed by atoms with Crippen LogP contribution in [0, 0.1) is 0 Å². The van der Waals surface area contributed by atoms with Gasteiger partial charge in [0, 0.05) is 28.4 Å². The maximum absolute atomic E-state index is 13.2. The van der Waals surface area contributed by atoms with Crippen LogP contribution in [0.25, 0.3) is 16.6 Å². The molecule has 30 heavy (non-hydrogen) atoms. The van der Waals surface area contributed by atoms with E-state index in [0.717, 1.165) is 42.0 Å². The van der Waals surface area contributed by atoms with Crippen LogP contribution in [-0.2, 0) is 12.8 Å². The third-order valence-corrected chi connectivity index (χ3v) is 6.57. The molecule has 1 aliphatic rings. The Labute approximate surface area is 179 Å². The Kier molecular flexibility index (Phi) is 5.21. The average Bonchev–Trinajstić information content (AvgIpc) is 3.37. The standard InChI is InChI=1S/C23H25N5OS/c1-30-13-11-20(22-27-26-21-8-4-5-12-28(21)22)25-23(29)15-9-10-19-17(14-15)16-6-2-3-7-18(16)24-19/h4-5,8-10,12,14,20,24H,2-3,6-7,11,13H2,1H3,(H,25,29). The molecule has 0 spiro atoms. The SMILES string of the molecule is CSCCC(NC(=O)c1ccc2[nH]c3c(c2c1)CCCC3)c1nnc2ccccn12. The number of aryl methyl sites for hydroxylation is 2. The van der Waals surface area contributed by atoms with Gasteiger partial charge in [-0.2, -0.15) is 11.8 Å². The average molecular weight is 420 g/mol. The van der Waals surface area contributed by atoms with Crippen LogP contribution in [0.1, 0.15) is 52.7 Å². The van der Waals surface area contributed by atoms with E-state index in [1.54, 1.807) is 11.8 Å². The van der Waals surface area contributed by atoms with Gasteiger partial charge in [0.15, 0.2) is 11.5 Å². The number of H-pyrrole nitrogens is 1. The van der Waals surface area contributed by atoms with Crippen molar-refractivity contribution in [3.05, 3.63) is 65.2 Å². The van der Waals surface area contributed by atoms with Gasteiger partial charge >= 0.3 is 0 Å². The molecule has 0 aliphatic heterocycles. The number of nitrogens with one attached hydrogen (secondary N) is 2. The van der Waals surface area contributed by atoms with Crippen molar-refractivity contribution >= 4 is 34.2 Å². The Morgan fingerprint density at radius 2 is 2.13 bits per heavy atom. The highest BCUT2D eigenvalue weighted by Crippen LogP contribution is 2.30. The van der Waals surface area contributed by atoms with E-state index >= 15 is 0 Å². The summed E-state index contributed by atoms with van der Waals surface area (Å²) in [6.45, 7) is 0. The van der Waals surface area contributed by atoms with E-state index in [-0.39, 0.29) is 11.9 Å². The summed E-state index contributed by atoms with van der Waals surface area (Å²) in [5.41, 5.74) is 5.32. The Balaban J connectivity index is 1.45. The van der Waals surface area contributed by atoms with E-state index in [1.165, 1.54) is 29.5 Å². The normalized spacial score (nSPS) is 14.7. The number of aromatic nitrogens is 4. The lowest BCUT2D eigenvalue weighted by Crippen LogP contribution is -2.30. The van der Waals surface area contributed by atoms with Gasteiger partial charge in [-0.25, -0.2) is 0 Å². The highest BCUT2D eigenvalue weighted by Gasteiger charge is 2.22. The Morgan fingerprint density at radius 3 is 3.03 bits per heavy atom. The fourth-order valence-electron chi connectivity index (χ4n) is 4.39. The van der Waals surface area contributed by atoms with E-state index in [1.807, 2.05) is 47.0 Å². The van der Waals surface area contributed by atoms with E-state index in [4.69, 9.17) is 0 Å². The molecule has 1 atom stereocenters. The molecule has 1 aliphatic carbocycles. The number of benzene rings is 1. The van der Waals surface area contributed by atoms with Crippen LogP contribution in [0.5, 0.6) is 0 Å².